The summed E-state index contributed by atoms with van der Waals surface area (Å²) < 4.78 is 0. The standard InChI is InChI=1S/C14H16ClNO/c1-10(2)9-16-14(17)7-6-12-5-4-11(3)13(15)8-12/h4-8H,1,9H2,2-3H3,(H,16,17)/b7-6+. The van der Waals surface area contributed by atoms with E-state index in [0.717, 1.165) is 16.7 Å². The smallest absolute Gasteiger partial charge is 0.244 e. The predicted molar refractivity (Wildman–Crippen MR) is 73.0 cm³/mol. The molecule has 0 aromatic heterocycles. The molecule has 0 spiro atoms. The third kappa shape index (κ3) is 4.87. The summed E-state index contributed by atoms with van der Waals surface area (Å²) in [5, 5.41) is 3.42. The van der Waals surface area contributed by atoms with Gasteiger partial charge < -0.3 is 5.32 Å². The van der Waals surface area contributed by atoms with Crippen LogP contribution in [0.2, 0.25) is 5.02 Å². The van der Waals surface area contributed by atoms with Gasteiger partial charge in [0.15, 0.2) is 0 Å². The molecular formula is C14H16ClNO. The molecule has 1 amide bonds. The quantitative estimate of drug-likeness (QED) is 0.644. The van der Waals surface area contributed by atoms with E-state index in [2.05, 4.69) is 11.9 Å². The number of hydrogen-bond acceptors (Lipinski definition) is 1. The van der Waals surface area contributed by atoms with E-state index < -0.39 is 0 Å². The fourth-order valence-electron chi connectivity index (χ4n) is 1.18. The van der Waals surface area contributed by atoms with Crippen LogP contribution in [-0.4, -0.2) is 12.5 Å². The van der Waals surface area contributed by atoms with Crippen LogP contribution in [0, 0.1) is 6.92 Å². The monoisotopic (exact) mass is 249 g/mol. The molecule has 0 radical (unpaired) electrons. The first-order valence-electron chi connectivity index (χ1n) is 5.35. The van der Waals surface area contributed by atoms with Gasteiger partial charge in [-0.15, -0.1) is 0 Å². The van der Waals surface area contributed by atoms with Gasteiger partial charge in [0.2, 0.25) is 5.91 Å². The van der Waals surface area contributed by atoms with E-state index in [0.29, 0.717) is 11.6 Å². The minimum absolute atomic E-state index is 0.135. The molecule has 1 aromatic rings. The first-order chi connectivity index (χ1) is 7.99. The van der Waals surface area contributed by atoms with Gasteiger partial charge in [-0.2, -0.15) is 0 Å². The van der Waals surface area contributed by atoms with Crippen molar-refractivity contribution in [2.45, 2.75) is 13.8 Å². The van der Waals surface area contributed by atoms with Crippen LogP contribution in [0.25, 0.3) is 6.08 Å². The molecule has 1 N–H and O–H groups in total. The van der Waals surface area contributed by atoms with Crippen molar-refractivity contribution in [3.63, 3.8) is 0 Å². The van der Waals surface area contributed by atoms with Crippen LogP contribution in [-0.2, 0) is 4.79 Å². The topological polar surface area (TPSA) is 29.1 Å². The molecule has 90 valence electrons. The summed E-state index contributed by atoms with van der Waals surface area (Å²) in [4.78, 5) is 11.4. The average molecular weight is 250 g/mol. The van der Waals surface area contributed by atoms with Crippen LogP contribution in [0.1, 0.15) is 18.1 Å². The highest BCUT2D eigenvalue weighted by Gasteiger charge is 1.97. The molecule has 0 fully saturated rings. The molecule has 3 heteroatoms. The molecule has 0 aliphatic rings. The van der Waals surface area contributed by atoms with Crippen LogP contribution in [0.5, 0.6) is 0 Å². The number of carbonyl (C=O) groups excluding carboxylic acids is 1. The maximum Gasteiger partial charge on any atom is 0.244 e. The van der Waals surface area contributed by atoms with Crippen LogP contribution in [0.3, 0.4) is 0 Å². The maximum absolute atomic E-state index is 11.4. The van der Waals surface area contributed by atoms with E-state index in [4.69, 9.17) is 11.6 Å². The molecule has 2 nitrogen and oxygen atoms in total. The number of nitrogens with one attached hydrogen (secondary N) is 1. The van der Waals surface area contributed by atoms with Crippen molar-refractivity contribution in [1.82, 2.24) is 5.32 Å². The van der Waals surface area contributed by atoms with E-state index in [-0.39, 0.29) is 5.91 Å². The zero-order valence-electron chi connectivity index (χ0n) is 10.1. The Hall–Kier alpha value is -1.54. The Balaban J connectivity index is 2.61. The highest BCUT2D eigenvalue weighted by Crippen LogP contribution is 2.17. The number of amides is 1. The second-order valence-electron chi connectivity index (χ2n) is 4.02. The summed E-state index contributed by atoms with van der Waals surface area (Å²) in [6.45, 7) is 8.01. The second kappa shape index (κ2) is 6.26. The minimum atomic E-state index is -0.135. The van der Waals surface area contributed by atoms with Crippen LogP contribution >= 0.6 is 11.6 Å². The summed E-state index contributed by atoms with van der Waals surface area (Å²) in [5.74, 6) is -0.135. The second-order valence-corrected chi connectivity index (χ2v) is 4.42. The Bertz CT molecular complexity index is 463. The minimum Gasteiger partial charge on any atom is -0.349 e. The summed E-state index contributed by atoms with van der Waals surface area (Å²) in [6, 6.07) is 5.68. The molecule has 1 aromatic carbocycles. The summed E-state index contributed by atoms with van der Waals surface area (Å²) >= 11 is 5.99. The van der Waals surface area contributed by atoms with Gasteiger partial charge in [-0.1, -0.05) is 35.9 Å². The molecule has 0 saturated heterocycles. The van der Waals surface area contributed by atoms with E-state index >= 15 is 0 Å². The van der Waals surface area contributed by atoms with Gasteiger partial charge in [0.1, 0.15) is 0 Å². The molecule has 0 aliphatic carbocycles. The number of carbonyl (C=O) groups is 1. The van der Waals surface area contributed by atoms with Gasteiger partial charge in [-0.3, -0.25) is 4.79 Å². The maximum atomic E-state index is 11.4. The SMILES string of the molecule is C=C(C)CNC(=O)/C=C/c1ccc(C)c(Cl)c1. The van der Waals surface area contributed by atoms with Crippen LogP contribution in [0.4, 0.5) is 0 Å². The zero-order valence-corrected chi connectivity index (χ0v) is 10.8. The summed E-state index contributed by atoms with van der Waals surface area (Å²) in [5.41, 5.74) is 2.85. The highest BCUT2D eigenvalue weighted by atomic mass is 35.5. The lowest BCUT2D eigenvalue weighted by atomic mass is 10.1. The molecule has 0 heterocycles. The first-order valence-corrected chi connectivity index (χ1v) is 5.73. The van der Waals surface area contributed by atoms with Gasteiger partial charge in [0.25, 0.3) is 0 Å². The van der Waals surface area contributed by atoms with Crippen LogP contribution < -0.4 is 5.32 Å². The fourth-order valence-corrected chi connectivity index (χ4v) is 1.37. The fraction of sp³-hybridized carbons (Fsp3) is 0.214. The lowest BCUT2D eigenvalue weighted by Crippen LogP contribution is -2.22. The molecule has 0 bridgehead atoms. The van der Waals surface area contributed by atoms with Gasteiger partial charge in [-0.05, 0) is 37.1 Å². The Morgan fingerprint density at radius 3 is 2.82 bits per heavy atom. The Kier molecular flexibility index (Phi) is 4.98. The van der Waals surface area contributed by atoms with Crippen molar-refractivity contribution >= 4 is 23.6 Å². The van der Waals surface area contributed by atoms with E-state index in [1.807, 2.05) is 32.0 Å². The van der Waals surface area contributed by atoms with Crippen molar-refractivity contribution in [2.75, 3.05) is 6.54 Å². The number of hydrogen-bond donors (Lipinski definition) is 1. The zero-order chi connectivity index (χ0) is 12.8. The van der Waals surface area contributed by atoms with Crippen molar-refractivity contribution in [2.24, 2.45) is 0 Å². The number of halogens is 1. The van der Waals surface area contributed by atoms with E-state index in [1.54, 1.807) is 6.08 Å². The Morgan fingerprint density at radius 2 is 2.24 bits per heavy atom. The average Bonchev–Trinajstić information content (AvgIpc) is 2.28. The van der Waals surface area contributed by atoms with Crippen molar-refractivity contribution in [3.05, 3.63) is 52.6 Å². The van der Waals surface area contributed by atoms with Crippen LogP contribution in [0.15, 0.2) is 36.4 Å². The van der Waals surface area contributed by atoms with Gasteiger partial charge in [-0.25, -0.2) is 0 Å². The third-order valence-corrected chi connectivity index (χ3v) is 2.59. The van der Waals surface area contributed by atoms with E-state index in [9.17, 15) is 4.79 Å². The largest absolute Gasteiger partial charge is 0.349 e. The molecule has 0 atom stereocenters. The summed E-state index contributed by atoms with van der Waals surface area (Å²) in [7, 11) is 0. The molecule has 1 rings (SSSR count). The number of rotatable bonds is 4. The van der Waals surface area contributed by atoms with Crippen molar-refractivity contribution < 1.29 is 4.79 Å². The molecule has 0 saturated carbocycles. The van der Waals surface area contributed by atoms with Gasteiger partial charge in [0.05, 0.1) is 0 Å². The van der Waals surface area contributed by atoms with E-state index in [1.165, 1.54) is 6.08 Å². The number of benzene rings is 1. The predicted octanol–water partition coefficient (Wildman–Crippen LogP) is 3.35. The molecule has 0 aliphatic heterocycles. The molecule has 17 heavy (non-hydrogen) atoms. The Labute approximate surface area is 107 Å². The van der Waals surface area contributed by atoms with Gasteiger partial charge in [0, 0.05) is 17.6 Å². The van der Waals surface area contributed by atoms with Crippen molar-refractivity contribution in [1.29, 1.82) is 0 Å². The number of aryl methyl sites for hydroxylation is 1. The highest BCUT2D eigenvalue weighted by molar-refractivity contribution is 6.31. The first kappa shape index (κ1) is 13.5. The normalized spacial score (nSPS) is 10.5. The summed E-state index contributed by atoms with van der Waals surface area (Å²) in [6.07, 6.45) is 3.23. The Morgan fingerprint density at radius 1 is 1.53 bits per heavy atom. The molecular weight excluding hydrogens is 234 g/mol. The van der Waals surface area contributed by atoms with Crippen molar-refractivity contribution in [3.8, 4) is 0 Å². The lowest BCUT2D eigenvalue weighted by molar-refractivity contribution is -0.116. The lowest BCUT2D eigenvalue weighted by Gasteiger charge is -2.01. The van der Waals surface area contributed by atoms with Gasteiger partial charge >= 0.3 is 0 Å². The third-order valence-electron chi connectivity index (χ3n) is 2.19. The molecule has 0 unspecified atom stereocenters.